The van der Waals surface area contributed by atoms with E-state index >= 15 is 0 Å². The number of benzene rings is 2. The average Bonchev–Trinajstić information content (AvgIpc) is 3.13. The number of aliphatic hydroxyl groups is 2. The fourth-order valence-corrected chi connectivity index (χ4v) is 8.84. The van der Waals surface area contributed by atoms with E-state index in [1.54, 1.807) is 0 Å². The van der Waals surface area contributed by atoms with Gasteiger partial charge in [0.25, 0.3) is 11.8 Å². The minimum atomic E-state index is -0.623. The Balaban J connectivity index is 1.05. The van der Waals surface area contributed by atoms with Gasteiger partial charge in [0.1, 0.15) is 12.5 Å². The van der Waals surface area contributed by atoms with Crippen LogP contribution in [-0.2, 0) is 20.1 Å². The SMILES string of the molecule is NCCCC(NC(=O)c1cccc(C23CCC(O)(CC2)CC3)c1)OBOC(CCCN)NC(=O)c1cccc(C23CCC(O)(CC2)CC3)c1. The maximum Gasteiger partial charge on any atom is 0.441 e. The second-order valence-electron chi connectivity index (χ2n) is 15.4. The first-order chi connectivity index (χ1) is 23.6. The zero-order valence-corrected chi connectivity index (χ0v) is 28.9. The molecule has 2 aromatic rings. The molecule has 0 saturated heterocycles. The van der Waals surface area contributed by atoms with Crippen molar-refractivity contribution < 1.29 is 29.1 Å². The summed E-state index contributed by atoms with van der Waals surface area (Å²) in [4.78, 5) is 26.9. The third kappa shape index (κ3) is 8.24. The molecule has 2 unspecified atom stereocenters. The van der Waals surface area contributed by atoms with E-state index in [0.717, 1.165) is 88.2 Å². The van der Waals surface area contributed by atoms with E-state index < -0.39 is 23.7 Å². The number of carbonyl (C=O) groups excluding carboxylic acids is 2. The second-order valence-corrected chi connectivity index (χ2v) is 15.4. The molecular weight excluding hydrogens is 619 g/mol. The first kappa shape index (κ1) is 36.0. The van der Waals surface area contributed by atoms with Gasteiger partial charge >= 0.3 is 7.69 Å². The quantitative estimate of drug-likeness (QED) is 0.115. The summed E-state index contributed by atoms with van der Waals surface area (Å²) in [7, 11) is -0.136. The van der Waals surface area contributed by atoms with Crippen molar-refractivity contribution in [1.29, 1.82) is 0 Å². The zero-order valence-electron chi connectivity index (χ0n) is 28.9. The van der Waals surface area contributed by atoms with Crippen LogP contribution in [0.15, 0.2) is 48.5 Å². The number of nitrogens with two attached hydrogens (primary N) is 2. The fraction of sp³-hybridized carbons (Fsp3) is 0.632. The summed E-state index contributed by atoms with van der Waals surface area (Å²) < 4.78 is 12.1. The molecule has 0 heterocycles. The van der Waals surface area contributed by atoms with Gasteiger partial charge in [0.05, 0.1) is 11.2 Å². The Morgan fingerprint density at radius 3 is 1.37 bits per heavy atom. The van der Waals surface area contributed by atoms with Crippen molar-refractivity contribution in [2.45, 2.75) is 137 Å². The van der Waals surface area contributed by atoms with Gasteiger partial charge in [-0.3, -0.25) is 9.59 Å². The lowest BCUT2D eigenvalue weighted by atomic mass is 9.56. The van der Waals surface area contributed by atoms with Crippen LogP contribution < -0.4 is 22.1 Å². The molecule has 0 spiro atoms. The van der Waals surface area contributed by atoms with Crippen LogP contribution in [0.25, 0.3) is 0 Å². The summed E-state index contributed by atoms with van der Waals surface area (Å²) in [6.07, 6.45) is 11.6. The Kier molecular flexibility index (Phi) is 11.2. The fourth-order valence-electron chi connectivity index (χ4n) is 8.84. The normalized spacial score (nSPS) is 30.0. The molecule has 8 N–H and O–H groups in total. The first-order valence-corrected chi connectivity index (χ1v) is 18.5. The molecule has 6 aliphatic carbocycles. The number of nitrogens with one attached hydrogen (secondary N) is 2. The van der Waals surface area contributed by atoms with Crippen molar-refractivity contribution in [2.24, 2.45) is 11.5 Å². The zero-order chi connectivity index (χ0) is 34.5. The number of hydrogen-bond donors (Lipinski definition) is 6. The number of rotatable bonds is 16. The molecular formula is C38H55BN4O6. The van der Waals surface area contributed by atoms with Crippen LogP contribution in [0.2, 0.25) is 0 Å². The average molecular weight is 675 g/mol. The predicted molar refractivity (Wildman–Crippen MR) is 190 cm³/mol. The van der Waals surface area contributed by atoms with Gasteiger partial charge in [0, 0.05) is 11.1 Å². The largest absolute Gasteiger partial charge is 0.441 e. The minimum absolute atomic E-state index is 0.0206. The Morgan fingerprint density at radius 2 is 1.02 bits per heavy atom. The summed E-state index contributed by atoms with van der Waals surface area (Å²) in [6, 6.07) is 15.7. The lowest BCUT2D eigenvalue weighted by Gasteiger charge is -2.51. The van der Waals surface area contributed by atoms with E-state index in [-0.39, 0.29) is 30.3 Å². The molecule has 49 heavy (non-hydrogen) atoms. The van der Waals surface area contributed by atoms with E-state index in [1.165, 1.54) is 0 Å². The number of fused-ring (bicyclic) bond motifs is 6. The van der Waals surface area contributed by atoms with Gasteiger partial charge in [-0.15, -0.1) is 0 Å². The molecule has 0 radical (unpaired) electrons. The molecule has 11 heteroatoms. The molecule has 8 rings (SSSR count). The highest BCUT2D eigenvalue weighted by Gasteiger charge is 2.49. The highest BCUT2D eigenvalue weighted by molar-refractivity contribution is 6.18. The molecule has 6 saturated carbocycles. The van der Waals surface area contributed by atoms with Crippen LogP contribution in [0.1, 0.15) is 135 Å². The number of amides is 2. The topological polar surface area (TPSA) is 169 Å². The molecule has 6 fully saturated rings. The minimum Gasteiger partial charge on any atom is -0.393 e. The molecule has 0 aliphatic heterocycles. The van der Waals surface area contributed by atoms with E-state index in [9.17, 15) is 19.8 Å². The van der Waals surface area contributed by atoms with Crippen LogP contribution >= 0.6 is 0 Å². The van der Waals surface area contributed by atoms with Crippen molar-refractivity contribution >= 4 is 19.5 Å². The van der Waals surface area contributed by atoms with Crippen molar-refractivity contribution in [1.82, 2.24) is 10.6 Å². The Labute approximate surface area is 291 Å². The Hall–Kier alpha value is -2.80. The van der Waals surface area contributed by atoms with Crippen molar-refractivity contribution in [3.63, 3.8) is 0 Å². The molecule has 2 atom stereocenters. The maximum atomic E-state index is 13.5. The van der Waals surface area contributed by atoms with Crippen LogP contribution in [0.4, 0.5) is 0 Å². The third-order valence-corrected chi connectivity index (χ3v) is 12.4. The first-order valence-electron chi connectivity index (χ1n) is 18.5. The van der Waals surface area contributed by atoms with Gasteiger partial charge in [-0.2, -0.15) is 0 Å². The summed E-state index contributed by atoms with van der Waals surface area (Å²) in [5.41, 5.74) is 14.1. The smallest absolute Gasteiger partial charge is 0.393 e. The van der Waals surface area contributed by atoms with Crippen molar-refractivity contribution in [3.8, 4) is 0 Å². The monoisotopic (exact) mass is 674 g/mol. The molecule has 2 amide bonds. The molecule has 4 bridgehead atoms. The number of carbonyl (C=O) groups is 2. The van der Waals surface area contributed by atoms with E-state index in [0.29, 0.717) is 49.9 Å². The van der Waals surface area contributed by atoms with Gasteiger partial charge in [0.15, 0.2) is 0 Å². The van der Waals surface area contributed by atoms with Crippen molar-refractivity contribution in [2.75, 3.05) is 13.1 Å². The maximum absolute atomic E-state index is 13.5. The molecule has 266 valence electrons. The van der Waals surface area contributed by atoms with Crippen LogP contribution in [0, 0.1) is 0 Å². The van der Waals surface area contributed by atoms with Crippen molar-refractivity contribution in [3.05, 3.63) is 70.8 Å². The molecule has 10 nitrogen and oxygen atoms in total. The second kappa shape index (κ2) is 15.2. The summed E-state index contributed by atoms with van der Waals surface area (Å²) in [6.45, 7) is 0.911. The standard InChI is InChI=1S/C38H55BN4O6/c40-23-3-9-31(42-33(44)27-5-1-7-29(25-27)35-11-17-37(46,18-12-35)19-13-35)48-39-49-32(10-4-24-41)43-34(45)28-6-2-8-30(26-28)36-14-20-38(47,21-15-36)22-16-36/h1-2,5-8,25-26,31-32,39,46-47H,3-4,9-24,40-41H2,(H,42,44)(H,43,45). The molecule has 2 aromatic carbocycles. The Bertz CT molecular complexity index is 1310. The number of hydrogen-bond acceptors (Lipinski definition) is 8. The predicted octanol–water partition coefficient (Wildman–Crippen LogP) is 3.95. The van der Waals surface area contributed by atoms with Gasteiger partial charge in [-0.25, -0.2) is 0 Å². The lowest BCUT2D eigenvalue weighted by molar-refractivity contribution is -0.0662. The summed E-state index contributed by atoms with van der Waals surface area (Å²) >= 11 is 0. The van der Waals surface area contributed by atoms with E-state index in [1.807, 2.05) is 36.4 Å². The summed E-state index contributed by atoms with van der Waals surface area (Å²) in [5, 5.41) is 27.4. The van der Waals surface area contributed by atoms with Crippen LogP contribution in [0.5, 0.6) is 0 Å². The lowest BCUT2D eigenvalue weighted by Crippen LogP contribution is -2.48. The van der Waals surface area contributed by atoms with Crippen LogP contribution in [-0.4, -0.2) is 66.5 Å². The van der Waals surface area contributed by atoms with Gasteiger partial charge in [-0.05, 0) is 162 Å². The van der Waals surface area contributed by atoms with Gasteiger partial charge < -0.3 is 41.6 Å². The van der Waals surface area contributed by atoms with Gasteiger partial charge in [0.2, 0.25) is 0 Å². The highest BCUT2D eigenvalue weighted by Crippen LogP contribution is 2.54. The summed E-state index contributed by atoms with van der Waals surface area (Å²) in [5.74, 6) is -0.451. The van der Waals surface area contributed by atoms with Crippen LogP contribution in [0.3, 0.4) is 0 Å². The third-order valence-electron chi connectivity index (χ3n) is 12.4. The highest BCUT2D eigenvalue weighted by atomic mass is 16.6. The van der Waals surface area contributed by atoms with E-state index in [2.05, 4.69) is 22.8 Å². The van der Waals surface area contributed by atoms with E-state index in [4.69, 9.17) is 20.8 Å². The Morgan fingerprint density at radius 1 is 0.653 bits per heavy atom. The molecule has 0 aromatic heterocycles. The molecule has 6 aliphatic rings. The van der Waals surface area contributed by atoms with Gasteiger partial charge in [-0.1, -0.05) is 24.3 Å².